The number of rotatable bonds is 7. The lowest BCUT2D eigenvalue weighted by molar-refractivity contribution is -0.116. The molecule has 3 aromatic rings. The topological polar surface area (TPSA) is 66.4 Å². The summed E-state index contributed by atoms with van der Waals surface area (Å²) in [5.41, 5.74) is 3.54. The van der Waals surface area contributed by atoms with Crippen LogP contribution in [0.2, 0.25) is 0 Å². The smallest absolute Gasteiger partial charge is 0.338 e. The Morgan fingerprint density at radius 1 is 1.00 bits per heavy atom. The number of amides is 1. The molecule has 0 aliphatic carbocycles. The van der Waals surface area contributed by atoms with Gasteiger partial charge in [0.05, 0.1) is 5.56 Å². The largest absolute Gasteiger partial charge is 0.478 e. The molecule has 0 aliphatic rings. The maximum Gasteiger partial charge on any atom is 0.338 e. The Balaban J connectivity index is 1.60. The minimum absolute atomic E-state index is 0.164. The first-order valence-electron chi connectivity index (χ1n) is 8.87. The minimum Gasteiger partial charge on any atom is -0.478 e. The van der Waals surface area contributed by atoms with Gasteiger partial charge in [0.2, 0.25) is 5.91 Å². The van der Waals surface area contributed by atoms with E-state index in [2.05, 4.69) is 29.6 Å². The van der Waals surface area contributed by atoms with E-state index in [4.69, 9.17) is 0 Å². The number of benzene rings is 2. The minimum atomic E-state index is -1.02. The number of carbonyl (C=O) groups excluding carboxylic acids is 1. The van der Waals surface area contributed by atoms with E-state index in [0.717, 1.165) is 28.0 Å². The average Bonchev–Trinajstić information content (AvgIpc) is 3.10. The van der Waals surface area contributed by atoms with E-state index in [0.29, 0.717) is 17.8 Å². The van der Waals surface area contributed by atoms with Gasteiger partial charge in [-0.05, 0) is 35.6 Å². The van der Waals surface area contributed by atoms with Gasteiger partial charge in [-0.1, -0.05) is 61.5 Å². The molecule has 0 saturated carbocycles. The molecule has 0 unspecified atom stereocenters. The Morgan fingerprint density at radius 2 is 1.67 bits per heavy atom. The van der Waals surface area contributed by atoms with Gasteiger partial charge in [-0.2, -0.15) is 0 Å². The third kappa shape index (κ3) is 4.83. The van der Waals surface area contributed by atoms with Crippen molar-refractivity contribution in [3.63, 3.8) is 0 Å². The summed E-state index contributed by atoms with van der Waals surface area (Å²) in [6, 6.07) is 19.9. The fourth-order valence-corrected chi connectivity index (χ4v) is 3.81. The van der Waals surface area contributed by atoms with Crippen molar-refractivity contribution in [2.45, 2.75) is 26.2 Å². The van der Waals surface area contributed by atoms with Crippen molar-refractivity contribution in [2.75, 3.05) is 5.32 Å². The Morgan fingerprint density at radius 3 is 2.30 bits per heavy atom. The molecule has 0 radical (unpaired) electrons. The number of hydrogen-bond donors (Lipinski definition) is 2. The van der Waals surface area contributed by atoms with E-state index in [1.165, 1.54) is 11.3 Å². The van der Waals surface area contributed by atoms with Gasteiger partial charge >= 0.3 is 5.97 Å². The molecule has 0 fully saturated rings. The fraction of sp³-hybridized carbons (Fsp3) is 0.182. The summed E-state index contributed by atoms with van der Waals surface area (Å²) >= 11 is 1.32. The number of aromatic carboxylic acids is 1. The van der Waals surface area contributed by atoms with Gasteiger partial charge in [-0.25, -0.2) is 4.79 Å². The van der Waals surface area contributed by atoms with E-state index in [1.54, 1.807) is 6.07 Å². The molecule has 0 saturated heterocycles. The molecule has 2 aromatic carbocycles. The summed E-state index contributed by atoms with van der Waals surface area (Å²) in [5, 5.41) is 12.4. The zero-order chi connectivity index (χ0) is 19.2. The quantitative estimate of drug-likeness (QED) is 0.589. The molecule has 2 N–H and O–H groups in total. The predicted octanol–water partition coefficient (Wildman–Crippen LogP) is 5.25. The Hall–Kier alpha value is -2.92. The van der Waals surface area contributed by atoms with Gasteiger partial charge in [0.1, 0.15) is 5.00 Å². The van der Waals surface area contributed by atoms with Crippen LogP contribution in [0.3, 0.4) is 0 Å². The molecule has 1 aromatic heterocycles. The number of hydrogen-bond acceptors (Lipinski definition) is 3. The molecular weight excluding hydrogens is 358 g/mol. The highest BCUT2D eigenvalue weighted by Gasteiger charge is 2.16. The van der Waals surface area contributed by atoms with Crippen LogP contribution >= 0.6 is 11.3 Å². The number of carboxylic acids is 1. The van der Waals surface area contributed by atoms with E-state index in [1.807, 2.05) is 37.3 Å². The van der Waals surface area contributed by atoms with Crippen LogP contribution in [0.4, 0.5) is 5.00 Å². The van der Waals surface area contributed by atoms with Crippen LogP contribution in [0.5, 0.6) is 0 Å². The Kier molecular flexibility index (Phi) is 6.04. The molecular formula is C22H21NO3S. The second kappa shape index (κ2) is 8.64. The van der Waals surface area contributed by atoms with Gasteiger partial charge < -0.3 is 10.4 Å². The van der Waals surface area contributed by atoms with Crippen LogP contribution in [0.15, 0.2) is 60.7 Å². The zero-order valence-electron chi connectivity index (χ0n) is 15.1. The van der Waals surface area contributed by atoms with Crippen LogP contribution < -0.4 is 5.32 Å². The maximum atomic E-state index is 12.2. The number of carboxylic acid groups (broad SMARTS) is 1. The normalized spacial score (nSPS) is 10.6. The van der Waals surface area contributed by atoms with Crippen molar-refractivity contribution in [1.29, 1.82) is 0 Å². The lowest BCUT2D eigenvalue weighted by Gasteiger charge is -2.06. The van der Waals surface area contributed by atoms with Crippen molar-refractivity contribution in [3.05, 3.63) is 76.7 Å². The molecule has 5 heteroatoms. The van der Waals surface area contributed by atoms with Crippen molar-refractivity contribution < 1.29 is 14.7 Å². The zero-order valence-corrected chi connectivity index (χ0v) is 15.9. The van der Waals surface area contributed by atoms with Gasteiger partial charge in [0.25, 0.3) is 0 Å². The SMILES string of the molecule is CCc1cc(C(=O)O)c(NC(=O)CCc2ccc(-c3ccccc3)cc2)s1. The number of aryl methyl sites for hydroxylation is 2. The van der Waals surface area contributed by atoms with Gasteiger partial charge in [0, 0.05) is 11.3 Å². The molecule has 4 nitrogen and oxygen atoms in total. The first-order valence-corrected chi connectivity index (χ1v) is 9.68. The highest BCUT2D eigenvalue weighted by Crippen LogP contribution is 2.29. The molecule has 0 atom stereocenters. The molecule has 27 heavy (non-hydrogen) atoms. The Labute approximate surface area is 162 Å². The lowest BCUT2D eigenvalue weighted by atomic mass is 10.0. The molecule has 1 amide bonds. The number of carbonyl (C=O) groups is 2. The summed E-state index contributed by atoms with van der Waals surface area (Å²) in [6.45, 7) is 1.96. The molecule has 138 valence electrons. The molecule has 1 heterocycles. The summed E-state index contributed by atoms with van der Waals surface area (Å²) in [4.78, 5) is 24.5. The average molecular weight is 379 g/mol. The van der Waals surface area contributed by atoms with Crippen LogP contribution in [-0.2, 0) is 17.6 Å². The highest BCUT2D eigenvalue weighted by atomic mass is 32.1. The number of nitrogens with one attached hydrogen (secondary N) is 1. The molecule has 0 aliphatic heterocycles. The maximum absolute atomic E-state index is 12.2. The molecule has 3 rings (SSSR count). The first-order chi connectivity index (χ1) is 13.1. The third-order valence-corrected chi connectivity index (χ3v) is 5.51. The third-order valence-electron chi connectivity index (χ3n) is 4.32. The van der Waals surface area contributed by atoms with Crippen LogP contribution in [0.25, 0.3) is 11.1 Å². The number of thiophene rings is 1. The Bertz CT molecular complexity index is 930. The summed E-state index contributed by atoms with van der Waals surface area (Å²) in [6.07, 6.45) is 1.66. The van der Waals surface area contributed by atoms with E-state index >= 15 is 0 Å². The van der Waals surface area contributed by atoms with Crippen molar-refractivity contribution in [2.24, 2.45) is 0 Å². The molecule has 0 spiro atoms. The summed E-state index contributed by atoms with van der Waals surface area (Å²) in [5.74, 6) is -1.19. The predicted molar refractivity (Wildman–Crippen MR) is 109 cm³/mol. The van der Waals surface area contributed by atoms with Crippen LogP contribution in [-0.4, -0.2) is 17.0 Å². The number of anilines is 1. The van der Waals surface area contributed by atoms with Gasteiger partial charge in [0.15, 0.2) is 0 Å². The molecule has 0 bridgehead atoms. The lowest BCUT2D eigenvalue weighted by Crippen LogP contribution is -2.13. The van der Waals surface area contributed by atoms with Gasteiger partial charge in [-0.15, -0.1) is 11.3 Å². The van der Waals surface area contributed by atoms with E-state index in [9.17, 15) is 14.7 Å². The summed E-state index contributed by atoms with van der Waals surface area (Å²) in [7, 11) is 0. The van der Waals surface area contributed by atoms with Crippen LogP contribution in [0.1, 0.15) is 34.1 Å². The van der Waals surface area contributed by atoms with Gasteiger partial charge in [-0.3, -0.25) is 4.79 Å². The van der Waals surface area contributed by atoms with Crippen molar-refractivity contribution >= 4 is 28.2 Å². The van der Waals surface area contributed by atoms with Crippen molar-refractivity contribution in [3.8, 4) is 11.1 Å². The first kappa shape index (κ1) is 18.9. The van der Waals surface area contributed by atoms with E-state index < -0.39 is 5.97 Å². The van der Waals surface area contributed by atoms with Crippen LogP contribution in [0, 0.1) is 0 Å². The van der Waals surface area contributed by atoms with E-state index in [-0.39, 0.29) is 11.5 Å². The monoisotopic (exact) mass is 379 g/mol. The van der Waals surface area contributed by atoms with Crippen molar-refractivity contribution in [1.82, 2.24) is 0 Å². The second-order valence-corrected chi connectivity index (χ2v) is 7.36. The fourth-order valence-electron chi connectivity index (χ4n) is 2.81. The summed E-state index contributed by atoms with van der Waals surface area (Å²) < 4.78 is 0. The highest BCUT2D eigenvalue weighted by molar-refractivity contribution is 7.16. The standard InChI is InChI=1S/C22H21NO3S/c1-2-18-14-19(22(25)26)21(27-18)23-20(24)13-10-15-8-11-17(12-9-15)16-6-4-3-5-7-16/h3-9,11-12,14H,2,10,13H2,1H3,(H,23,24)(H,25,26). The second-order valence-electron chi connectivity index (χ2n) is 6.23.